The zero-order valence-corrected chi connectivity index (χ0v) is 78.3. The number of aromatic carboxylic acids is 2. The van der Waals surface area contributed by atoms with Gasteiger partial charge in [-0.25, -0.2) is 83.2 Å². The largest absolute Gasteiger partial charge is 1.00 e. The van der Waals surface area contributed by atoms with E-state index in [1.165, 1.54) is 115 Å². The molecule has 0 radical (unpaired) electrons. The SMILES string of the molecule is CC(C)(C)OC(=O)c1cccnc1Cl.CC(Cl)OC(=O)N(C)c1ncccc1COC(=O)CN(C)C(=O)OC(C)(C)C.CNc1ncccc1C(=O)OC(C)(C)C.CNc1ncccc1CO.COC(=O)c1cccnc1N.COC(=O)c1cccnc1NC=O.C[N+]1=C(Cl)NCC1.Nc1ncccc1C(=O)O.O=C(Cl)c1cccnc1Cl.O=C(O)c1cccnc1Cl.[AlH3].[H-].[Li+]. The standard InChI is InChI=1S/C18H26ClN3O6.C11H16N2O2.C10H12ClNO2.C8H8N2O3.C7H8N2O2.C7H10N2O.C6H3Cl2NO.C6H4ClNO2.C6H6N2O2.C4H7ClN2.Al.Li.4H/c1-12(19)27-17(25)22(6)15-13(8-7-9-20-15)11-26-14(23)10-21(5)16(24)28-18(2,3)4;1-11(2,3)15-10(14)8-6-5-7-13-9(8)12-4;1-10(2,3)14-9(13)7-5-4-6-12-8(7)11;1-13-8(12)6-3-2-4-9-7(6)10-5-11;1-11-7(10)5-3-2-4-9-6(5)8;1-8-7-6(5-10)3-2-4-9-7;7-5-4(6(8)10)2-1-3-9-5;2*7-5-4(6(9)10)2-1-3-8-5;1-7-3-2-6-4(7)5;;;;;;/h7-9,12H,10-11H2,1-6H3;5-7H,1-4H3,(H,12,13);4-6H,1-3H3;2-5H,1H3,(H,9,10,11);2-4H,1H3,(H2,8,9);2-4,10H,5H2,1H3,(H,8,9);1-3H;1-3H,(H,9,10);1-3H,(H2,7,8)(H,9,10);2-3H2,1H3;;;;;;/q;;;;;;;;;;;+1;;;;-1/p+1. The van der Waals surface area contributed by atoms with E-state index in [2.05, 4.69) is 75.6 Å². The molecule has 0 fully saturated rings. The summed E-state index contributed by atoms with van der Waals surface area (Å²) in [6, 6.07) is 28.8. The number of rotatable bonds is 18. The van der Waals surface area contributed by atoms with E-state index in [9.17, 15) is 52.7 Å². The first-order valence-electron chi connectivity index (χ1n) is 37.2. The Bertz CT molecular complexity index is 5000. The molecular weight excluding hydrogens is 1830 g/mol. The number of carbonyl (C=O) groups excluding carboxylic acids is 9. The van der Waals surface area contributed by atoms with Gasteiger partial charge in [0.15, 0.2) is 22.9 Å². The van der Waals surface area contributed by atoms with Crippen molar-refractivity contribution in [1.82, 2.24) is 55.1 Å². The predicted octanol–water partition coefficient (Wildman–Crippen LogP) is 9.09. The summed E-state index contributed by atoms with van der Waals surface area (Å²) in [6.45, 7) is 19.2. The molecule has 47 heteroatoms. The molecule has 1 aliphatic rings. The van der Waals surface area contributed by atoms with Crippen LogP contribution < -0.4 is 56.5 Å². The Hall–Kier alpha value is -12.2. The average molecular weight is 1940 g/mol. The molecule has 0 saturated carbocycles. The number of hydrogen-bond donors (Lipinski definition) is 9. The fourth-order valence-corrected chi connectivity index (χ4v) is 9.56. The zero-order chi connectivity index (χ0) is 97.0. The predicted molar refractivity (Wildman–Crippen MR) is 494 cm³/mol. The first kappa shape index (κ1) is 120. The number of alkyl halides is 1. The van der Waals surface area contributed by atoms with Gasteiger partial charge in [-0.2, -0.15) is 0 Å². The van der Waals surface area contributed by atoms with Gasteiger partial charge in [0.1, 0.15) is 116 Å². The third-order valence-corrected chi connectivity index (χ3v) is 15.9. The molecule has 9 aromatic heterocycles. The number of esters is 5. The van der Waals surface area contributed by atoms with Crippen molar-refractivity contribution in [3.05, 3.63) is 230 Å². The Balaban J connectivity index is -0.00000142. The number of anilines is 6. The number of carbonyl (C=O) groups is 11. The first-order chi connectivity index (χ1) is 60.1. The Morgan fingerprint density at radius 1 is 0.538 bits per heavy atom. The second-order valence-corrected chi connectivity index (χ2v) is 30.0. The number of likely N-dealkylation sites (N-methyl/N-ethyl adjacent to an activating group) is 2. The summed E-state index contributed by atoms with van der Waals surface area (Å²) in [6.07, 6.45) is 12.8. The Morgan fingerprint density at radius 2 is 0.915 bits per heavy atom. The summed E-state index contributed by atoms with van der Waals surface area (Å²) < 4.78 is 36.6. The van der Waals surface area contributed by atoms with Crippen LogP contribution in [0.3, 0.4) is 0 Å². The summed E-state index contributed by atoms with van der Waals surface area (Å²) in [7, 11) is 10.9. The number of methoxy groups -OCH3 is 2. The van der Waals surface area contributed by atoms with E-state index >= 15 is 0 Å². The minimum Gasteiger partial charge on any atom is -1.00 e. The van der Waals surface area contributed by atoms with Crippen molar-refractivity contribution < 1.29 is 126 Å². The molecule has 0 bridgehead atoms. The average Bonchev–Trinajstić information content (AvgIpc) is 1.14. The fraction of sp³-hybridized carbons (Fsp3) is 0.313. The van der Waals surface area contributed by atoms with Crippen molar-refractivity contribution in [2.45, 2.75) is 105 Å². The van der Waals surface area contributed by atoms with Gasteiger partial charge in [-0.3, -0.25) is 29.2 Å². The zero-order valence-electron chi connectivity index (χ0n) is 74.8. The Labute approximate surface area is 805 Å². The van der Waals surface area contributed by atoms with Gasteiger partial charge in [-0.05, 0) is 178 Å². The van der Waals surface area contributed by atoms with Gasteiger partial charge in [0.25, 0.3) is 5.24 Å². The van der Waals surface area contributed by atoms with E-state index in [1.54, 1.807) is 135 Å². The second-order valence-electron chi connectivity index (χ2n) is 27.6. The number of pyridine rings is 9. The van der Waals surface area contributed by atoms with E-state index in [1.807, 2.05) is 38.5 Å². The van der Waals surface area contributed by atoms with Crippen LogP contribution in [0, 0.1) is 0 Å². The van der Waals surface area contributed by atoms with Gasteiger partial charge in [0, 0.05) is 107 Å². The maximum Gasteiger partial charge on any atom is 1.00 e. The molecule has 1 atom stereocenters. The number of halogens is 6. The van der Waals surface area contributed by atoms with Crippen molar-refractivity contribution in [3.63, 3.8) is 0 Å². The minimum absolute atomic E-state index is 0. The van der Waals surface area contributed by atoms with Crippen LogP contribution in [0.4, 0.5) is 44.5 Å². The number of nitrogens with zero attached hydrogens (tertiary/aromatic N) is 12. The first-order valence-corrected chi connectivity index (χ1v) is 39.6. The molecular formula is C83H105AlCl6LiN18O21+. The number of aliphatic hydroxyl groups excluding tert-OH is 1. The molecule has 130 heavy (non-hydrogen) atoms. The summed E-state index contributed by atoms with van der Waals surface area (Å²) in [5, 5.41) is 37.2. The van der Waals surface area contributed by atoms with Crippen molar-refractivity contribution in [1.29, 1.82) is 0 Å². The van der Waals surface area contributed by atoms with Crippen molar-refractivity contribution in [2.24, 2.45) is 0 Å². The number of hydrogen-bond acceptors (Lipinski definition) is 33. The minimum atomic E-state index is -1.06. The topological polar surface area (TPSA) is 539 Å². The van der Waals surface area contributed by atoms with Crippen LogP contribution in [0.15, 0.2) is 165 Å². The molecule has 0 aliphatic carbocycles. The molecule has 11 N–H and O–H groups in total. The van der Waals surface area contributed by atoms with Crippen molar-refractivity contribution >= 4 is 193 Å². The van der Waals surface area contributed by atoms with Gasteiger partial charge < -0.3 is 82.2 Å². The maximum absolute atomic E-state index is 12.0. The summed E-state index contributed by atoms with van der Waals surface area (Å²) in [5.41, 5.74) is 11.0. The molecule has 0 spiro atoms. The Kier molecular flexibility index (Phi) is 58.0. The van der Waals surface area contributed by atoms with Gasteiger partial charge in [0.05, 0.1) is 44.6 Å². The van der Waals surface area contributed by atoms with Crippen LogP contribution in [0.25, 0.3) is 0 Å². The number of amidine groups is 1. The molecule has 39 nitrogen and oxygen atoms in total. The number of amides is 3. The molecule has 9 aromatic rings. The molecule has 1 unspecified atom stereocenters. The molecule has 1 aliphatic heterocycles. The quantitative estimate of drug-likeness (QED) is 0.00445. The van der Waals surface area contributed by atoms with E-state index in [4.69, 9.17) is 120 Å². The smallest absolute Gasteiger partial charge is 1.00 e. The fourth-order valence-electron chi connectivity index (χ4n) is 8.50. The van der Waals surface area contributed by atoms with Gasteiger partial charge >= 0.3 is 78.1 Å². The molecule has 0 aromatic carbocycles. The monoisotopic (exact) mass is 1930 g/mol. The molecule has 698 valence electrons. The Morgan fingerprint density at radius 3 is 1.27 bits per heavy atom. The second kappa shape index (κ2) is 62.9. The molecule has 3 amide bonds. The summed E-state index contributed by atoms with van der Waals surface area (Å²) >= 11 is 33.1. The summed E-state index contributed by atoms with van der Waals surface area (Å²) in [4.78, 5) is 159. The molecule has 0 saturated heterocycles. The van der Waals surface area contributed by atoms with Crippen LogP contribution in [0.2, 0.25) is 15.5 Å². The molecule has 10 heterocycles. The van der Waals surface area contributed by atoms with Crippen molar-refractivity contribution in [3.8, 4) is 0 Å². The van der Waals surface area contributed by atoms with E-state index in [-0.39, 0.29) is 124 Å². The van der Waals surface area contributed by atoms with Gasteiger partial charge in [-0.1, -0.05) is 58.5 Å². The van der Waals surface area contributed by atoms with Crippen LogP contribution in [0.5, 0.6) is 0 Å². The van der Waals surface area contributed by atoms with E-state index < -0.39 is 75.6 Å². The van der Waals surface area contributed by atoms with Crippen LogP contribution in [-0.2, 0) is 56.0 Å². The maximum atomic E-state index is 12.0. The van der Waals surface area contributed by atoms with Crippen LogP contribution >= 0.6 is 69.6 Å². The van der Waals surface area contributed by atoms with E-state index in [0.29, 0.717) is 34.5 Å². The molecule has 10 rings (SSSR count). The number of aliphatic hydroxyl groups is 1. The van der Waals surface area contributed by atoms with Gasteiger partial charge in [-0.15, -0.1) is 0 Å². The van der Waals surface area contributed by atoms with Crippen LogP contribution in [-0.4, -0.2) is 249 Å². The third kappa shape index (κ3) is 48.3. The van der Waals surface area contributed by atoms with E-state index in [0.717, 1.165) is 39.6 Å². The number of nitrogen functional groups attached to an aromatic ring is 2. The number of nitrogens with one attached hydrogen (secondary N) is 4. The summed E-state index contributed by atoms with van der Waals surface area (Å²) in [5.74, 6) is -2.57. The number of carboxylic acids is 2. The van der Waals surface area contributed by atoms with Crippen molar-refractivity contribution in [2.75, 3.05) is 101 Å². The van der Waals surface area contributed by atoms with Gasteiger partial charge in [0.2, 0.25) is 6.41 Å². The number of nitrogens with two attached hydrogens (primary N) is 2. The van der Waals surface area contributed by atoms with Crippen LogP contribution in [0.1, 0.15) is 154 Å². The number of carboxylic acid groups (broad SMARTS) is 2. The third-order valence-electron chi connectivity index (χ3n) is 14.3. The number of aromatic nitrogens is 9. The number of ether oxygens (including phenoxy) is 7. The normalized spacial score (nSPS) is 10.7.